The molecule has 1 aromatic heterocycles. The van der Waals surface area contributed by atoms with E-state index in [0.717, 1.165) is 31.1 Å². The molecule has 27 heavy (non-hydrogen) atoms. The SMILES string of the molecule is CCCC(CCC)COc1cccc2c(OCCOC)cc(C(=O)O)nc12. The van der Waals surface area contributed by atoms with E-state index >= 15 is 0 Å². The minimum absolute atomic E-state index is 0.0652. The number of aromatic carboxylic acids is 1. The van der Waals surface area contributed by atoms with Crippen molar-refractivity contribution in [1.29, 1.82) is 0 Å². The Bertz CT molecular complexity index is 741. The molecule has 0 aliphatic carbocycles. The smallest absolute Gasteiger partial charge is 0.354 e. The van der Waals surface area contributed by atoms with Gasteiger partial charge in [-0.2, -0.15) is 0 Å². The minimum atomic E-state index is -1.10. The van der Waals surface area contributed by atoms with Crippen LogP contribution in [-0.4, -0.2) is 43.0 Å². The lowest BCUT2D eigenvalue weighted by atomic mass is 9.99. The molecule has 0 spiro atoms. The predicted molar refractivity (Wildman–Crippen MR) is 105 cm³/mol. The maximum Gasteiger partial charge on any atom is 0.354 e. The summed E-state index contributed by atoms with van der Waals surface area (Å²) in [4.78, 5) is 15.8. The molecule has 0 radical (unpaired) electrons. The Labute approximate surface area is 160 Å². The van der Waals surface area contributed by atoms with E-state index in [1.54, 1.807) is 7.11 Å². The molecular formula is C21H29NO5. The van der Waals surface area contributed by atoms with Gasteiger partial charge in [-0.1, -0.05) is 32.8 Å². The fraction of sp³-hybridized carbons (Fsp3) is 0.524. The van der Waals surface area contributed by atoms with Gasteiger partial charge >= 0.3 is 5.97 Å². The summed E-state index contributed by atoms with van der Waals surface area (Å²) in [5, 5.41) is 10.1. The van der Waals surface area contributed by atoms with Crippen molar-refractivity contribution in [2.75, 3.05) is 26.9 Å². The summed E-state index contributed by atoms with van der Waals surface area (Å²) in [5.41, 5.74) is 0.446. The second-order valence-corrected chi connectivity index (χ2v) is 6.56. The van der Waals surface area contributed by atoms with Crippen LogP contribution in [0.5, 0.6) is 11.5 Å². The first-order valence-electron chi connectivity index (χ1n) is 9.52. The molecule has 0 bridgehead atoms. The zero-order valence-corrected chi connectivity index (χ0v) is 16.4. The van der Waals surface area contributed by atoms with Gasteiger partial charge in [0.2, 0.25) is 0 Å². The number of hydrogen-bond donors (Lipinski definition) is 1. The fourth-order valence-electron chi connectivity index (χ4n) is 3.11. The Balaban J connectivity index is 2.34. The van der Waals surface area contributed by atoms with Gasteiger partial charge in [0.1, 0.15) is 23.6 Å². The number of methoxy groups -OCH3 is 1. The topological polar surface area (TPSA) is 77.9 Å². The van der Waals surface area contributed by atoms with Crippen molar-refractivity contribution in [1.82, 2.24) is 4.98 Å². The third-order valence-corrected chi connectivity index (χ3v) is 4.40. The van der Waals surface area contributed by atoms with Gasteiger partial charge in [0.25, 0.3) is 0 Å². The number of aromatic nitrogens is 1. The lowest BCUT2D eigenvalue weighted by Crippen LogP contribution is -2.12. The number of fused-ring (bicyclic) bond motifs is 1. The van der Waals surface area contributed by atoms with Gasteiger partial charge in [-0.05, 0) is 30.9 Å². The Morgan fingerprint density at radius 3 is 2.48 bits per heavy atom. The van der Waals surface area contributed by atoms with Gasteiger partial charge in [-0.25, -0.2) is 9.78 Å². The molecule has 6 nitrogen and oxygen atoms in total. The molecular weight excluding hydrogens is 346 g/mol. The molecule has 0 aliphatic rings. The fourth-order valence-corrected chi connectivity index (χ4v) is 3.11. The van der Waals surface area contributed by atoms with E-state index in [1.807, 2.05) is 18.2 Å². The first kappa shape index (κ1) is 21.0. The number of carboxylic acid groups (broad SMARTS) is 1. The molecule has 6 heteroatoms. The molecule has 0 atom stereocenters. The quantitative estimate of drug-likeness (QED) is 0.548. The van der Waals surface area contributed by atoms with E-state index in [-0.39, 0.29) is 5.69 Å². The van der Waals surface area contributed by atoms with Crippen LogP contribution in [0.25, 0.3) is 10.9 Å². The number of carbonyl (C=O) groups is 1. The minimum Gasteiger partial charge on any atom is -0.491 e. The summed E-state index contributed by atoms with van der Waals surface area (Å²) in [6.45, 7) is 5.68. The highest BCUT2D eigenvalue weighted by Gasteiger charge is 2.16. The first-order chi connectivity index (χ1) is 13.1. The van der Waals surface area contributed by atoms with Crippen molar-refractivity contribution < 1.29 is 24.1 Å². The van der Waals surface area contributed by atoms with E-state index in [0.29, 0.717) is 42.8 Å². The molecule has 1 aromatic carbocycles. The van der Waals surface area contributed by atoms with Crippen LogP contribution in [0, 0.1) is 5.92 Å². The third kappa shape index (κ3) is 5.82. The highest BCUT2D eigenvalue weighted by atomic mass is 16.5. The molecule has 148 valence electrons. The second kappa shape index (κ2) is 10.7. The Morgan fingerprint density at radius 2 is 1.85 bits per heavy atom. The number of hydrogen-bond acceptors (Lipinski definition) is 5. The van der Waals surface area contributed by atoms with Crippen LogP contribution in [0.4, 0.5) is 0 Å². The first-order valence-corrected chi connectivity index (χ1v) is 9.52. The molecule has 0 unspecified atom stereocenters. The van der Waals surface area contributed by atoms with Crippen LogP contribution in [0.1, 0.15) is 50.0 Å². The third-order valence-electron chi connectivity index (χ3n) is 4.40. The molecule has 0 aliphatic heterocycles. The number of nitrogens with zero attached hydrogens (tertiary/aromatic N) is 1. The van der Waals surface area contributed by atoms with Crippen LogP contribution in [0.2, 0.25) is 0 Å². The Hall–Kier alpha value is -2.34. The van der Waals surface area contributed by atoms with Crippen molar-refractivity contribution in [3.63, 3.8) is 0 Å². The largest absolute Gasteiger partial charge is 0.491 e. The van der Waals surface area contributed by atoms with Gasteiger partial charge in [0.05, 0.1) is 13.2 Å². The summed E-state index contributed by atoms with van der Waals surface area (Å²) in [5.74, 6) is 0.441. The van der Waals surface area contributed by atoms with Gasteiger partial charge < -0.3 is 19.3 Å². The summed E-state index contributed by atoms with van der Waals surface area (Å²) in [6.07, 6.45) is 4.44. The zero-order chi connectivity index (χ0) is 19.6. The number of carboxylic acids is 1. The highest BCUT2D eigenvalue weighted by molar-refractivity contribution is 5.95. The summed E-state index contributed by atoms with van der Waals surface area (Å²) in [7, 11) is 1.59. The van der Waals surface area contributed by atoms with Crippen molar-refractivity contribution in [3.8, 4) is 11.5 Å². The van der Waals surface area contributed by atoms with Crippen molar-refractivity contribution in [2.45, 2.75) is 39.5 Å². The molecule has 0 saturated heterocycles. The monoisotopic (exact) mass is 375 g/mol. The van der Waals surface area contributed by atoms with Crippen LogP contribution in [0.3, 0.4) is 0 Å². The Morgan fingerprint density at radius 1 is 1.11 bits per heavy atom. The number of rotatable bonds is 12. The average Bonchev–Trinajstić information content (AvgIpc) is 2.66. The number of pyridine rings is 1. The normalized spacial score (nSPS) is 11.1. The van der Waals surface area contributed by atoms with Crippen molar-refractivity contribution in [2.24, 2.45) is 5.92 Å². The highest BCUT2D eigenvalue weighted by Crippen LogP contribution is 2.32. The second-order valence-electron chi connectivity index (χ2n) is 6.56. The molecule has 1 N–H and O–H groups in total. The molecule has 2 rings (SSSR count). The predicted octanol–water partition coefficient (Wildman–Crippen LogP) is 4.55. The van der Waals surface area contributed by atoms with Crippen LogP contribution in [-0.2, 0) is 4.74 Å². The van der Waals surface area contributed by atoms with Crippen LogP contribution >= 0.6 is 0 Å². The van der Waals surface area contributed by atoms with E-state index in [1.165, 1.54) is 6.07 Å². The molecule has 0 saturated carbocycles. The average molecular weight is 375 g/mol. The number of ether oxygens (including phenoxy) is 3. The zero-order valence-electron chi connectivity index (χ0n) is 16.4. The number of para-hydroxylation sites is 1. The Kier molecular flexibility index (Phi) is 8.33. The van der Waals surface area contributed by atoms with E-state index in [9.17, 15) is 9.90 Å². The molecule has 1 heterocycles. The lowest BCUT2D eigenvalue weighted by Gasteiger charge is -2.18. The van der Waals surface area contributed by atoms with Gasteiger partial charge in [0, 0.05) is 18.6 Å². The summed E-state index contributed by atoms with van der Waals surface area (Å²) >= 11 is 0. The van der Waals surface area contributed by atoms with Crippen LogP contribution in [0.15, 0.2) is 24.3 Å². The van der Waals surface area contributed by atoms with Gasteiger partial charge in [-0.3, -0.25) is 0 Å². The maximum absolute atomic E-state index is 11.5. The van der Waals surface area contributed by atoms with Gasteiger partial charge in [0.15, 0.2) is 5.69 Å². The molecule has 0 amide bonds. The maximum atomic E-state index is 11.5. The van der Waals surface area contributed by atoms with Gasteiger partial charge in [-0.15, -0.1) is 0 Å². The summed E-state index contributed by atoms with van der Waals surface area (Å²) in [6, 6.07) is 7.01. The van der Waals surface area contributed by atoms with E-state index in [4.69, 9.17) is 14.2 Å². The van der Waals surface area contributed by atoms with E-state index < -0.39 is 5.97 Å². The number of benzene rings is 1. The van der Waals surface area contributed by atoms with Crippen molar-refractivity contribution in [3.05, 3.63) is 30.0 Å². The molecule has 0 fully saturated rings. The standard InChI is InChI=1S/C21H29NO5/c1-4-7-15(8-5-2)14-27-18-10-6-9-16-19(26-12-11-25-3)13-17(21(23)24)22-20(16)18/h6,9-10,13,15H,4-5,7-8,11-12,14H2,1-3H3,(H,23,24). The molecule has 2 aromatic rings. The van der Waals surface area contributed by atoms with E-state index in [2.05, 4.69) is 18.8 Å². The van der Waals surface area contributed by atoms with Crippen LogP contribution < -0.4 is 9.47 Å². The lowest BCUT2D eigenvalue weighted by molar-refractivity contribution is 0.0690. The van der Waals surface area contributed by atoms with Crippen molar-refractivity contribution >= 4 is 16.9 Å². The summed E-state index contributed by atoms with van der Waals surface area (Å²) < 4.78 is 16.8.